The van der Waals surface area contributed by atoms with Gasteiger partial charge in [-0.1, -0.05) is 11.6 Å². The number of halogens is 1. The van der Waals surface area contributed by atoms with Crippen molar-refractivity contribution < 1.29 is 19.1 Å². The lowest BCUT2D eigenvalue weighted by molar-refractivity contribution is 0.0552. The van der Waals surface area contributed by atoms with E-state index in [1.54, 1.807) is 64.7 Å². The van der Waals surface area contributed by atoms with Gasteiger partial charge in [-0.2, -0.15) is 0 Å². The van der Waals surface area contributed by atoms with Crippen molar-refractivity contribution in [2.75, 3.05) is 24.5 Å². The number of ether oxygens (including phenoxy) is 2. The number of rotatable bonds is 4. The number of benzene rings is 1. The summed E-state index contributed by atoms with van der Waals surface area (Å²) in [5.41, 5.74) is 1.16. The van der Waals surface area contributed by atoms with Crippen LogP contribution in [0.1, 0.15) is 22.5 Å². The number of hydrogen-bond acceptors (Lipinski definition) is 6. The Labute approximate surface area is 195 Å². The zero-order valence-corrected chi connectivity index (χ0v) is 18.7. The van der Waals surface area contributed by atoms with Crippen molar-refractivity contribution in [1.82, 2.24) is 14.9 Å². The lowest BCUT2D eigenvalue weighted by atomic mass is 10.0. The Morgan fingerprint density at radius 1 is 1.12 bits per heavy atom. The van der Waals surface area contributed by atoms with E-state index in [1.807, 2.05) is 13.0 Å². The number of aromatic nitrogens is 2. The summed E-state index contributed by atoms with van der Waals surface area (Å²) in [6, 6.07) is 14.0. The fourth-order valence-electron chi connectivity index (χ4n) is 4.10. The third kappa shape index (κ3) is 4.21. The molecule has 9 heteroatoms. The molecular weight excluding hydrogens is 444 g/mol. The van der Waals surface area contributed by atoms with Crippen molar-refractivity contribution in [3.05, 3.63) is 77.2 Å². The lowest BCUT2D eigenvalue weighted by Gasteiger charge is -2.22. The van der Waals surface area contributed by atoms with E-state index in [0.29, 0.717) is 48.1 Å². The number of nitrogens with zero attached hydrogens (tertiary/aromatic N) is 4. The number of anilines is 1. The topological polar surface area (TPSA) is 84.9 Å². The normalized spacial score (nSPS) is 19.8. The number of amides is 2. The highest BCUT2D eigenvalue weighted by Gasteiger charge is 2.51. The minimum atomic E-state index is -0.753. The molecule has 2 aromatic heterocycles. The molecule has 2 aliphatic rings. The van der Waals surface area contributed by atoms with Crippen LogP contribution < -0.4 is 9.64 Å². The molecule has 0 bridgehead atoms. The molecule has 1 aromatic carbocycles. The van der Waals surface area contributed by atoms with E-state index >= 15 is 0 Å². The van der Waals surface area contributed by atoms with Crippen LogP contribution in [0.15, 0.2) is 60.9 Å². The third-order valence-electron chi connectivity index (χ3n) is 5.81. The van der Waals surface area contributed by atoms with Gasteiger partial charge in [0.05, 0.1) is 19.3 Å². The van der Waals surface area contributed by atoms with E-state index in [-0.39, 0.29) is 11.8 Å². The van der Waals surface area contributed by atoms with E-state index < -0.39 is 11.7 Å². The van der Waals surface area contributed by atoms with Crippen molar-refractivity contribution in [1.29, 1.82) is 0 Å². The highest BCUT2D eigenvalue weighted by atomic mass is 35.5. The first kappa shape index (κ1) is 21.2. The average molecular weight is 465 g/mol. The number of likely N-dealkylation sites (tertiary alicyclic amines) is 1. The molecule has 2 saturated heterocycles. The highest BCUT2D eigenvalue weighted by Crippen LogP contribution is 2.36. The second kappa shape index (κ2) is 8.37. The van der Waals surface area contributed by atoms with Gasteiger partial charge in [-0.3, -0.25) is 14.7 Å². The van der Waals surface area contributed by atoms with Gasteiger partial charge in [0.15, 0.2) is 5.60 Å². The maximum atomic E-state index is 13.3. The van der Waals surface area contributed by atoms with Crippen LogP contribution in [0.4, 0.5) is 10.5 Å². The zero-order valence-electron chi connectivity index (χ0n) is 17.9. The minimum Gasteiger partial charge on any atom is -0.439 e. The molecule has 3 aromatic rings. The average Bonchev–Trinajstić information content (AvgIpc) is 3.38. The molecule has 33 heavy (non-hydrogen) atoms. The standard InChI is InChI=1S/C24H21ClN4O4/c1-16-4-9-19(13-27-16)32-21-20(3-2-11-26-21)22(30)28-12-10-24(14-28)15-29(23(31)33-24)18-7-5-17(25)6-8-18/h2-9,11,13H,10,12,14-15H2,1H3/t24-/m1/s1. The molecular formula is C24H21ClN4O4. The van der Waals surface area contributed by atoms with Crippen LogP contribution in [0.5, 0.6) is 11.6 Å². The van der Waals surface area contributed by atoms with E-state index in [1.165, 1.54) is 0 Å². The van der Waals surface area contributed by atoms with Gasteiger partial charge in [-0.25, -0.2) is 9.78 Å². The van der Waals surface area contributed by atoms with E-state index in [4.69, 9.17) is 21.1 Å². The fourth-order valence-corrected chi connectivity index (χ4v) is 4.23. The fraction of sp³-hybridized carbons (Fsp3) is 0.250. The Balaban J connectivity index is 1.32. The minimum absolute atomic E-state index is 0.209. The molecule has 4 heterocycles. The molecule has 0 saturated carbocycles. The molecule has 1 atom stereocenters. The summed E-state index contributed by atoms with van der Waals surface area (Å²) in [5, 5.41) is 0.592. The Bertz CT molecular complexity index is 1200. The second-order valence-corrected chi connectivity index (χ2v) is 8.62. The summed E-state index contributed by atoms with van der Waals surface area (Å²) in [5.74, 6) is 0.478. The molecule has 0 aliphatic carbocycles. The highest BCUT2D eigenvalue weighted by molar-refractivity contribution is 6.30. The Kier molecular flexibility index (Phi) is 5.38. The molecule has 0 N–H and O–H groups in total. The molecule has 168 valence electrons. The van der Waals surface area contributed by atoms with Crippen LogP contribution >= 0.6 is 11.6 Å². The summed E-state index contributed by atoms with van der Waals surface area (Å²) < 4.78 is 11.6. The summed E-state index contributed by atoms with van der Waals surface area (Å²) in [7, 11) is 0. The lowest BCUT2D eigenvalue weighted by Crippen LogP contribution is -2.39. The van der Waals surface area contributed by atoms with Gasteiger partial charge in [0.1, 0.15) is 11.3 Å². The Morgan fingerprint density at radius 3 is 2.70 bits per heavy atom. The summed E-state index contributed by atoms with van der Waals surface area (Å²) in [6.07, 6.45) is 3.28. The van der Waals surface area contributed by atoms with E-state index in [0.717, 1.165) is 5.69 Å². The summed E-state index contributed by atoms with van der Waals surface area (Å²) in [4.78, 5) is 37.6. The predicted molar refractivity (Wildman–Crippen MR) is 122 cm³/mol. The number of aryl methyl sites for hydroxylation is 1. The molecule has 1 spiro atoms. The van der Waals surface area contributed by atoms with Crippen LogP contribution in [0.3, 0.4) is 0 Å². The SMILES string of the molecule is Cc1ccc(Oc2ncccc2C(=O)N2CC[C@@]3(C2)CN(c2ccc(Cl)cc2)C(=O)O3)cn1. The first-order valence-corrected chi connectivity index (χ1v) is 10.9. The molecule has 0 radical (unpaired) electrons. The molecule has 2 amide bonds. The van der Waals surface area contributed by atoms with Crippen molar-refractivity contribution in [3.63, 3.8) is 0 Å². The van der Waals surface area contributed by atoms with Gasteiger partial charge < -0.3 is 14.4 Å². The van der Waals surface area contributed by atoms with Gasteiger partial charge in [0, 0.05) is 35.6 Å². The molecule has 2 fully saturated rings. The van der Waals surface area contributed by atoms with Gasteiger partial charge in [0.2, 0.25) is 5.88 Å². The number of hydrogen-bond donors (Lipinski definition) is 0. The van der Waals surface area contributed by atoms with Crippen LogP contribution in [-0.4, -0.2) is 52.1 Å². The van der Waals surface area contributed by atoms with E-state index in [2.05, 4.69) is 9.97 Å². The van der Waals surface area contributed by atoms with Gasteiger partial charge in [-0.05, 0) is 55.5 Å². The number of carbonyl (C=O) groups is 2. The summed E-state index contributed by atoms with van der Waals surface area (Å²) in [6.45, 7) is 3.00. The first-order chi connectivity index (χ1) is 15.9. The zero-order chi connectivity index (χ0) is 23.0. The monoisotopic (exact) mass is 464 g/mol. The van der Waals surface area contributed by atoms with Crippen LogP contribution in [0, 0.1) is 6.92 Å². The third-order valence-corrected chi connectivity index (χ3v) is 6.06. The van der Waals surface area contributed by atoms with Crippen molar-refractivity contribution in [3.8, 4) is 11.6 Å². The van der Waals surface area contributed by atoms with Crippen molar-refractivity contribution in [2.45, 2.75) is 18.9 Å². The van der Waals surface area contributed by atoms with Gasteiger partial charge in [0.25, 0.3) is 5.91 Å². The Morgan fingerprint density at radius 2 is 1.94 bits per heavy atom. The van der Waals surface area contributed by atoms with Crippen LogP contribution in [0.25, 0.3) is 0 Å². The maximum absolute atomic E-state index is 13.3. The summed E-state index contributed by atoms with van der Waals surface area (Å²) >= 11 is 5.96. The van der Waals surface area contributed by atoms with Gasteiger partial charge in [-0.15, -0.1) is 0 Å². The van der Waals surface area contributed by atoms with Gasteiger partial charge >= 0.3 is 6.09 Å². The molecule has 2 aliphatic heterocycles. The Hall–Kier alpha value is -3.65. The van der Waals surface area contributed by atoms with Crippen LogP contribution in [-0.2, 0) is 4.74 Å². The number of pyridine rings is 2. The van der Waals surface area contributed by atoms with Crippen molar-refractivity contribution in [2.24, 2.45) is 0 Å². The smallest absolute Gasteiger partial charge is 0.415 e. The predicted octanol–water partition coefficient (Wildman–Crippen LogP) is 4.47. The van der Waals surface area contributed by atoms with Crippen molar-refractivity contribution >= 4 is 29.3 Å². The largest absolute Gasteiger partial charge is 0.439 e. The quantitative estimate of drug-likeness (QED) is 0.566. The second-order valence-electron chi connectivity index (χ2n) is 8.18. The molecule has 0 unspecified atom stereocenters. The number of carbonyl (C=O) groups excluding carboxylic acids is 2. The molecule has 5 rings (SSSR count). The first-order valence-electron chi connectivity index (χ1n) is 10.5. The maximum Gasteiger partial charge on any atom is 0.415 e. The van der Waals surface area contributed by atoms with E-state index in [9.17, 15) is 9.59 Å². The molecule has 8 nitrogen and oxygen atoms in total. The van der Waals surface area contributed by atoms with Crippen LogP contribution in [0.2, 0.25) is 5.02 Å².